The average molecular weight is 255 g/mol. The fourth-order valence-corrected chi connectivity index (χ4v) is 2.12. The van der Waals surface area contributed by atoms with Gasteiger partial charge in [-0.25, -0.2) is 0 Å². The van der Waals surface area contributed by atoms with Crippen molar-refractivity contribution >= 4 is 11.8 Å². The van der Waals surface area contributed by atoms with Crippen LogP contribution in [0.25, 0.3) is 0 Å². The summed E-state index contributed by atoms with van der Waals surface area (Å²) in [6.45, 7) is 3.06. The molecule has 2 N–H and O–H groups in total. The van der Waals surface area contributed by atoms with Crippen LogP contribution in [0.5, 0.6) is 0 Å². The second-order valence-corrected chi connectivity index (χ2v) is 4.91. The molecule has 0 aromatic rings. The molecule has 0 unspecified atom stereocenters. The molecular formula is C13H25N3O2. The van der Waals surface area contributed by atoms with E-state index in [1.54, 1.807) is 11.9 Å². The maximum absolute atomic E-state index is 11.6. The summed E-state index contributed by atoms with van der Waals surface area (Å²) in [4.78, 5) is 24.7. The summed E-state index contributed by atoms with van der Waals surface area (Å²) in [5.41, 5.74) is 0. The third-order valence-corrected chi connectivity index (χ3v) is 3.43. The van der Waals surface area contributed by atoms with E-state index in [4.69, 9.17) is 0 Å². The molecule has 2 amide bonds. The van der Waals surface area contributed by atoms with Crippen molar-refractivity contribution in [3.63, 3.8) is 0 Å². The lowest BCUT2D eigenvalue weighted by Gasteiger charge is -2.22. The Balaban J connectivity index is 2.11. The highest BCUT2D eigenvalue weighted by Gasteiger charge is 2.15. The van der Waals surface area contributed by atoms with Crippen LogP contribution in [-0.2, 0) is 9.59 Å². The van der Waals surface area contributed by atoms with E-state index in [0.29, 0.717) is 12.6 Å². The lowest BCUT2D eigenvalue weighted by atomic mass is 9.95. The molecule has 0 radical (unpaired) electrons. The second kappa shape index (κ2) is 8.08. The van der Waals surface area contributed by atoms with Crippen LogP contribution in [0.2, 0.25) is 0 Å². The Labute approximate surface area is 109 Å². The number of rotatable bonds is 6. The van der Waals surface area contributed by atoms with Gasteiger partial charge in [-0.2, -0.15) is 0 Å². The quantitative estimate of drug-likeness (QED) is 0.726. The minimum Gasteiger partial charge on any atom is -0.352 e. The number of hydrogen-bond acceptors (Lipinski definition) is 3. The van der Waals surface area contributed by atoms with Crippen molar-refractivity contribution in [2.24, 2.45) is 0 Å². The molecule has 0 spiro atoms. The number of amides is 2. The van der Waals surface area contributed by atoms with Gasteiger partial charge in [0.1, 0.15) is 0 Å². The summed E-state index contributed by atoms with van der Waals surface area (Å²) in [7, 11) is 1.76. The second-order valence-electron chi connectivity index (χ2n) is 4.91. The average Bonchev–Trinajstić information content (AvgIpc) is 2.38. The first kappa shape index (κ1) is 15.0. The highest BCUT2D eigenvalue weighted by atomic mass is 16.2. The zero-order chi connectivity index (χ0) is 13.4. The van der Waals surface area contributed by atoms with Gasteiger partial charge >= 0.3 is 0 Å². The van der Waals surface area contributed by atoms with Gasteiger partial charge in [-0.05, 0) is 19.8 Å². The van der Waals surface area contributed by atoms with Crippen LogP contribution in [0.4, 0.5) is 0 Å². The van der Waals surface area contributed by atoms with E-state index in [1.165, 1.54) is 19.3 Å². The van der Waals surface area contributed by atoms with Gasteiger partial charge in [0.15, 0.2) is 0 Å². The van der Waals surface area contributed by atoms with Crippen LogP contribution < -0.4 is 10.6 Å². The summed E-state index contributed by atoms with van der Waals surface area (Å²) in [6.07, 6.45) is 5.87. The van der Waals surface area contributed by atoms with Gasteiger partial charge in [-0.1, -0.05) is 19.3 Å². The van der Waals surface area contributed by atoms with Crippen molar-refractivity contribution in [1.29, 1.82) is 0 Å². The van der Waals surface area contributed by atoms with Crippen LogP contribution in [0.1, 0.15) is 39.0 Å². The van der Waals surface area contributed by atoms with E-state index in [1.807, 2.05) is 6.92 Å². The van der Waals surface area contributed by atoms with E-state index in [9.17, 15) is 9.59 Å². The first-order valence-electron chi connectivity index (χ1n) is 6.87. The molecular weight excluding hydrogens is 230 g/mol. The topological polar surface area (TPSA) is 61.4 Å². The first-order valence-corrected chi connectivity index (χ1v) is 6.87. The van der Waals surface area contributed by atoms with Crippen LogP contribution in [-0.4, -0.2) is 49.4 Å². The molecule has 0 bridgehead atoms. The fourth-order valence-electron chi connectivity index (χ4n) is 2.12. The zero-order valence-corrected chi connectivity index (χ0v) is 11.5. The Hall–Kier alpha value is -1.10. The van der Waals surface area contributed by atoms with E-state index in [-0.39, 0.29) is 24.9 Å². The van der Waals surface area contributed by atoms with Gasteiger partial charge in [-0.3, -0.25) is 14.9 Å². The third kappa shape index (κ3) is 5.49. The van der Waals surface area contributed by atoms with Crippen LogP contribution in [0.3, 0.4) is 0 Å². The van der Waals surface area contributed by atoms with Crippen LogP contribution in [0, 0.1) is 0 Å². The van der Waals surface area contributed by atoms with Crippen molar-refractivity contribution in [3.05, 3.63) is 0 Å². The fraction of sp³-hybridized carbons (Fsp3) is 0.846. The Bertz CT molecular complexity index is 275. The molecule has 0 saturated heterocycles. The minimum atomic E-state index is -0.00569. The van der Waals surface area contributed by atoms with Gasteiger partial charge in [0.25, 0.3) is 0 Å². The summed E-state index contributed by atoms with van der Waals surface area (Å²) in [5.74, 6) is 0.0109. The van der Waals surface area contributed by atoms with Gasteiger partial charge in [0.05, 0.1) is 13.1 Å². The molecule has 1 aliphatic rings. The van der Waals surface area contributed by atoms with Gasteiger partial charge in [0.2, 0.25) is 11.8 Å². The molecule has 1 aliphatic carbocycles. The molecule has 5 nitrogen and oxygen atoms in total. The van der Waals surface area contributed by atoms with Crippen molar-refractivity contribution in [2.45, 2.75) is 45.1 Å². The molecule has 0 atom stereocenters. The molecule has 104 valence electrons. The number of nitrogens with one attached hydrogen (secondary N) is 2. The number of carbonyl (C=O) groups excluding carboxylic acids is 2. The molecule has 18 heavy (non-hydrogen) atoms. The Morgan fingerprint density at radius 1 is 1.17 bits per heavy atom. The summed E-state index contributed by atoms with van der Waals surface area (Å²) in [6, 6.07) is 0.335. The summed E-state index contributed by atoms with van der Waals surface area (Å²) < 4.78 is 0. The smallest absolute Gasteiger partial charge is 0.236 e. The van der Waals surface area contributed by atoms with E-state index in [0.717, 1.165) is 12.8 Å². The van der Waals surface area contributed by atoms with E-state index < -0.39 is 0 Å². The normalized spacial score (nSPS) is 16.3. The van der Waals surface area contributed by atoms with Gasteiger partial charge in [0, 0.05) is 19.6 Å². The molecule has 5 heteroatoms. The summed E-state index contributed by atoms with van der Waals surface area (Å²) >= 11 is 0. The van der Waals surface area contributed by atoms with Crippen molar-refractivity contribution < 1.29 is 9.59 Å². The molecule has 0 heterocycles. The molecule has 1 fully saturated rings. The Morgan fingerprint density at radius 3 is 2.44 bits per heavy atom. The number of carbonyl (C=O) groups is 2. The monoisotopic (exact) mass is 255 g/mol. The predicted octanol–water partition coefficient (Wildman–Crippen LogP) is 0.503. The van der Waals surface area contributed by atoms with Crippen molar-refractivity contribution in [2.75, 3.05) is 26.7 Å². The van der Waals surface area contributed by atoms with Gasteiger partial charge in [-0.15, -0.1) is 0 Å². The van der Waals surface area contributed by atoms with E-state index >= 15 is 0 Å². The van der Waals surface area contributed by atoms with Crippen LogP contribution in [0.15, 0.2) is 0 Å². The number of nitrogens with zero attached hydrogens (tertiary/aromatic N) is 1. The molecule has 0 aromatic heterocycles. The first-order chi connectivity index (χ1) is 8.63. The lowest BCUT2D eigenvalue weighted by molar-refractivity contribution is -0.128. The highest BCUT2D eigenvalue weighted by molar-refractivity contribution is 5.81. The number of likely N-dealkylation sites (N-methyl/N-ethyl adjacent to an activating group) is 1. The number of hydrogen-bond donors (Lipinski definition) is 2. The van der Waals surface area contributed by atoms with Gasteiger partial charge < -0.3 is 10.2 Å². The molecule has 0 aliphatic heterocycles. The minimum absolute atomic E-state index is 0.00569. The molecule has 1 saturated carbocycles. The van der Waals surface area contributed by atoms with Crippen molar-refractivity contribution in [3.8, 4) is 0 Å². The maximum atomic E-state index is 11.6. The van der Waals surface area contributed by atoms with E-state index in [2.05, 4.69) is 10.6 Å². The maximum Gasteiger partial charge on any atom is 0.236 e. The van der Waals surface area contributed by atoms with Crippen LogP contribution >= 0.6 is 0 Å². The SMILES string of the molecule is CCN(C)C(=O)CNCC(=O)NC1CCCCC1. The zero-order valence-electron chi connectivity index (χ0n) is 11.5. The standard InChI is InChI=1S/C13H25N3O2/c1-3-16(2)13(18)10-14-9-12(17)15-11-7-5-4-6-8-11/h11,14H,3-10H2,1-2H3,(H,15,17). The Morgan fingerprint density at radius 2 is 1.83 bits per heavy atom. The largest absolute Gasteiger partial charge is 0.352 e. The third-order valence-electron chi connectivity index (χ3n) is 3.43. The highest BCUT2D eigenvalue weighted by Crippen LogP contribution is 2.16. The molecule has 1 rings (SSSR count). The lowest BCUT2D eigenvalue weighted by Crippen LogP contribution is -2.43. The predicted molar refractivity (Wildman–Crippen MR) is 71.2 cm³/mol. The van der Waals surface area contributed by atoms with Crippen molar-refractivity contribution in [1.82, 2.24) is 15.5 Å². The molecule has 0 aromatic carbocycles. The summed E-state index contributed by atoms with van der Waals surface area (Å²) in [5, 5.41) is 5.90. The Kier molecular flexibility index (Phi) is 6.72.